The molecule has 3 aliphatic rings. The van der Waals surface area contributed by atoms with E-state index < -0.39 is 5.41 Å². The largest absolute Gasteiger partial charge is 0.364 e. The Hall–Kier alpha value is -3.51. The van der Waals surface area contributed by atoms with E-state index in [1.54, 1.807) is 0 Å². The van der Waals surface area contributed by atoms with Crippen molar-refractivity contribution in [2.75, 3.05) is 13.1 Å². The van der Waals surface area contributed by atoms with Gasteiger partial charge in [-0.1, -0.05) is 36.8 Å². The molecule has 170 valence electrons. The number of aromatic nitrogens is 3. The normalized spacial score (nSPS) is 22.8. The van der Waals surface area contributed by atoms with Crippen molar-refractivity contribution in [1.82, 2.24) is 19.7 Å². The molecule has 1 saturated carbocycles. The fraction of sp³-hybridized carbons (Fsp3) is 0.321. The summed E-state index contributed by atoms with van der Waals surface area (Å²) in [4.78, 5) is 20.2. The third-order valence-corrected chi connectivity index (χ3v) is 8.18. The zero-order valence-corrected chi connectivity index (χ0v) is 19.0. The lowest BCUT2D eigenvalue weighted by Crippen LogP contribution is -2.51. The van der Waals surface area contributed by atoms with Crippen LogP contribution in [0.1, 0.15) is 42.4 Å². The maximum Gasteiger partial charge on any atom is 0.233 e. The van der Waals surface area contributed by atoms with Crippen LogP contribution in [0.3, 0.4) is 0 Å². The molecule has 4 heterocycles. The monoisotopic (exact) mass is 450 g/mol. The third kappa shape index (κ3) is 2.75. The highest BCUT2D eigenvalue weighted by Crippen LogP contribution is 2.49. The van der Waals surface area contributed by atoms with Crippen molar-refractivity contribution < 1.29 is 9.53 Å². The summed E-state index contributed by atoms with van der Waals surface area (Å²) in [5.74, 6) is 0.249. The summed E-state index contributed by atoms with van der Waals surface area (Å²) in [6.45, 7) is 1.95. The molecule has 6 heteroatoms. The summed E-state index contributed by atoms with van der Waals surface area (Å²) >= 11 is 0. The first-order chi connectivity index (χ1) is 16.7. The molecule has 2 fully saturated rings. The molecule has 7 rings (SSSR count). The van der Waals surface area contributed by atoms with Gasteiger partial charge in [0.1, 0.15) is 5.60 Å². The smallest absolute Gasteiger partial charge is 0.233 e. The summed E-state index contributed by atoms with van der Waals surface area (Å²) in [6, 6.07) is 18.7. The van der Waals surface area contributed by atoms with Crippen LogP contribution in [0.25, 0.3) is 16.6 Å². The van der Waals surface area contributed by atoms with Crippen molar-refractivity contribution in [3.8, 4) is 5.69 Å². The Morgan fingerprint density at radius 1 is 0.971 bits per heavy atom. The van der Waals surface area contributed by atoms with E-state index in [-0.39, 0.29) is 11.5 Å². The van der Waals surface area contributed by atoms with E-state index in [2.05, 4.69) is 52.5 Å². The van der Waals surface area contributed by atoms with Gasteiger partial charge in [-0.2, -0.15) is 5.10 Å². The van der Waals surface area contributed by atoms with Gasteiger partial charge >= 0.3 is 0 Å². The van der Waals surface area contributed by atoms with Crippen molar-refractivity contribution in [2.45, 2.75) is 43.3 Å². The lowest BCUT2D eigenvalue weighted by Gasteiger charge is -2.43. The van der Waals surface area contributed by atoms with Gasteiger partial charge in [-0.3, -0.25) is 9.78 Å². The Bertz CT molecular complexity index is 1410. The molecule has 0 radical (unpaired) electrons. The molecule has 2 aliphatic heterocycles. The number of fused-ring (bicyclic) bond motifs is 3. The molecular formula is C28H26N4O2. The van der Waals surface area contributed by atoms with Crippen LogP contribution in [0.2, 0.25) is 0 Å². The SMILES string of the molecule is O=C(N1CCC2(C1)OCc1cnccc12)C1(c2ccc(-n3ncc4ccccc43)cc2)CCC1. The summed E-state index contributed by atoms with van der Waals surface area (Å²) in [7, 11) is 0. The first-order valence-electron chi connectivity index (χ1n) is 12.1. The van der Waals surface area contributed by atoms with Gasteiger partial charge in [-0.15, -0.1) is 0 Å². The van der Waals surface area contributed by atoms with Gasteiger partial charge in [-0.05, 0) is 54.7 Å². The Morgan fingerprint density at radius 3 is 2.65 bits per heavy atom. The lowest BCUT2D eigenvalue weighted by atomic mass is 9.63. The maximum absolute atomic E-state index is 13.9. The van der Waals surface area contributed by atoms with E-state index in [1.165, 1.54) is 5.56 Å². The van der Waals surface area contributed by atoms with Gasteiger partial charge in [0.15, 0.2) is 0 Å². The molecule has 6 nitrogen and oxygen atoms in total. The maximum atomic E-state index is 13.9. The minimum atomic E-state index is -0.421. The quantitative estimate of drug-likeness (QED) is 0.461. The highest BCUT2D eigenvalue weighted by Gasteiger charge is 2.53. The lowest BCUT2D eigenvalue weighted by molar-refractivity contribution is -0.141. The number of benzene rings is 2. The molecule has 1 saturated heterocycles. The van der Waals surface area contributed by atoms with E-state index in [9.17, 15) is 4.79 Å². The second kappa shape index (κ2) is 7.24. The summed E-state index contributed by atoms with van der Waals surface area (Å²) in [6.07, 6.45) is 9.35. The summed E-state index contributed by atoms with van der Waals surface area (Å²) in [5, 5.41) is 5.69. The van der Waals surface area contributed by atoms with Crippen LogP contribution in [0.5, 0.6) is 0 Å². The highest BCUT2D eigenvalue weighted by molar-refractivity contribution is 5.90. The van der Waals surface area contributed by atoms with Gasteiger partial charge in [0.05, 0.1) is 36.0 Å². The zero-order valence-electron chi connectivity index (χ0n) is 19.0. The van der Waals surface area contributed by atoms with E-state index in [0.717, 1.165) is 59.9 Å². The van der Waals surface area contributed by atoms with E-state index in [4.69, 9.17) is 4.74 Å². The molecular weight excluding hydrogens is 424 g/mol. The van der Waals surface area contributed by atoms with Crippen LogP contribution < -0.4 is 0 Å². The number of pyridine rings is 1. The van der Waals surface area contributed by atoms with Crippen molar-refractivity contribution >= 4 is 16.8 Å². The molecule has 2 aromatic carbocycles. The Kier molecular flexibility index (Phi) is 4.24. The second-order valence-electron chi connectivity index (χ2n) is 9.89. The predicted molar refractivity (Wildman–Crippen MR) is 129 cm³/mol. The molecule has 34 heavy (non-hydrogen) atoms. The first-order valence-corrected chi connectivity index (χ1v) is 12.1. The number of rotatable bonds is 3. The molecule has 1 spiro atoms. The van der Waals surface area contributed by atoms with Crippen LogP contribution in [0.15, 0.2) is 73.2 Å². The van der Waals surface area contributed by atoms with Crippen molar-refractivity contribution in [1.29, 1.82) is 0 Å². The molecule has 2 aromatic heterocycles. The number of carbonyl (C=O) groups is 1. The number of ether oxygens (including phenoxy) is 1. The number of hydrogen-bond donors (Lipinski definition) is 0. The predicted octanol–water partition coefficient (Wildman–Crippen LogP) is 4.50. The van der Waals surface area contributed by atoms with Crippen molar-refractivity contribution in [2.24, 2.45) is 0 Å². The number of likely N-dealkylation sites (tertiary alicyclic amines) is 1. The zero-order chi connectivity index (χ0) is 22.8. The summed E-state index contributed by atoms with van der Waals surface area (Å²) < 4.78 is 8.23. The fourth-order valence-corrected chi connectivity index (χ4v) is 6.13. The van der Waals surface area contributed by atoms with E-state index in [0.29, 0.717) is 13.2 Å². The Balaban J connectivity index is 1.17. The van der Waals surface area contributed by atoms with Gasteiger partial charge in [-0.25, -0.2) is 4.68 Å². The number of hydrogen-bond acceptors (Lipinski definition) is 4. The Labute approximate surface area is 198 Å². The summed E-state index contributed by atoms with van der Waals surface area (Å²) in [5.41, 5.74) is 4.77. The number of carbonyl (C=O) groups excluding carboxylic acids is 1. The van der Waals surface area contributed by atoms with Gasteiger partial charge in [0.25, 0.3) is 0 Å². The number of nitrogens with zero attached hydrogens (tertiary/aromatic N) is 4. The molecule has 1 atom stereocenters. The first kappa shape index (κ1) is 19.9. The van der Waals surface area contributed by atoms with Gasteiger partial charge in [0.2, 0.25) is 5.91 Å². The van der Waals surface area contributed by atoms with Crippen molar-refractivity contribution in [3.63, 3.8) is 0 Å². The minimum Gasteiger partial charge on any atom is -0.364 e. The molecule has 1 amide bonds. The number of amides is 1. The standard InChI is InChI=1S/C28H26N4O2/c33-26(31-15-13-28(19-31)24-10-14-29-16-21(24)18-34-28)27(11-3-12-27)22-6-8-23(9-7-22)32-25-5-2-1-4-20(25)17-30-32/h1-2,4-10,14,16-17H,3,11-13,15,18-19H2. The average molecular weight is 451 g/mol. The molecule has 1 aliphatic carbocycles. The van der Waals surface area contributed by atoms with E-state index in [1.807, 2.05) is 40.3 Å². The van der Waals surface area contributed by atoms with Gasteiger partial charge in [0, 0.05) is 29.9 Å². The second-order valence-corrected chi connectivity index (χ2v) is 9.89. The van der Waals surface area contributed by atoms with Crippen LogP contribution >= 0.6 is 0 Å². The van der Waals surface area contributed by atoms with Crippen molar-refractivity contribution in [3.05, 3.63) is 89.9 Å². The number of para-hydroxylation sites is 1. The molecule has 1 unspecified atom stereocenters. The molecule has 0 bridgehead atoms. The van der Waals surface area contributed by atoms with Crippen LogP contribution in [-0.2, 0) is 27.2 Å². The van der Waals surface area contributed by atoms with E-state index >= 15 is 0 Å². The highest BCUT2D eigenvalue weighted by atomic mass is 16.5. The van der Waals surface area contributed by atoms with Crippen LogP contribution in [0.4, 0.5) is 0 Å². The minimum absolute atomic E-state index is 0.249. The Morgan fingerprint density at radius 2 is 1.82 bits per heavy atom. The third-order valence-electron chi connectivity index (χ3n) is 8.18. The van der Waals surface area contributed by atoms with Crippen LogP contribution in [-0.4, -0.2) is 38.7 Å². The molecule has 4 aromatic rings. The fourth-order valence-electron chi connectivity index (χ4n) is 6.13. The molecule has 0 N–H and O–H groups in total. The topological polar surface area (TPSA) is 60.3 Å². The average Bonchev–Trinajstić information content (AvgIpc) is 3.57. The van der Waals surface area contributed by atoms with Crippen LogP contribution in [0, 0.1) is 0 Å². The van der Waals surface area contributed by atoms with Gasteiger partial charge < -0.3 is 9.64 Å².